The molecule has 0 N–H and O–H groups in total. The van der Waals surface area contributed by atoms with E-state index in [-0.39, 0.29) is 21.7 Å². The van der Waals surface area contributed by atoms with Gasteiger partial charge in [0.05, 0.1) is 5.02 Å². The number of alkyl halides is 2. The van der Waals surface area contributed by atoms with Crippen LogP contribution in [0.25, 0.3) is 11.1 Å². The molecule has 0 fully saturated rings. The van der Waals surface area contributed by atoms with Crippen LogP contribution in [-0.4, -0.2) is 12.9 Å². The van der Waals surface area contributed by atoms with Gasteiger partial charge in [-0.1, -0.05) is 62.2 Å². The zero-order valence-corrected chi connectivity index (χ0v) is 19.9. The summed E-state index contributed by atoms with van der Waals surface area (Å²) in [6.07, 6.45) is 2.35. The first-order valence-corrected chi connectivity index (χ1v) is 11.3. The van der Waals surface area contributed by atoms with Gasteiger partial charge in [0.25, 0.3) is 0 Å². The van der Waals surface area contributed by atoms with E-state index < -0.39 is 29.4 Å². The number of rotatable bonds is 9. The zero-order chi connectivity index (χ0) is 25.0. The number of hydrogen-bond acceptors (Lipinski definition) is 2. The maximum atomic E-state index is 15.5. The van der Waals surface area contributed by atoms with Gasteiger partial charge in [-0.05, 0) is 60.1 Å². The number of carbonyl (C=O) groups is 1. The minimum atomic E-state index is -3.28. The van der Waals surface area contributed by atoms with Gasteiger partial charge in [0.1, 0.15) is 5.82 Å². The second-order valence-corrected chi connectivity index (χ2v) is 8.91. The fourth-order valence-electron chi connectivity index (χ4n) is 4.51. The fraction of sp³-hybridized carbons (Fsp3) is 0.296. The lowest BCUT2D eigenvalue weighted by Gasteiger charge is -2.32. The van der Waals surface area contributed by atoms with Crippen molar-refractivity contribution in [2.24, 2.45) is 0 Å². The summed E-state index contributed by atoms with van der Waals surface area (Å²) in [4.78, 5) is 11.8. The molecule has 1 atom stereocenters. The van der Waals surface area contributed by atoms with Crippen molar-refractivity contribution in [3.63, 3.8) is 0 Å². The van der Waals surface area contributed by atoms with Gasteiger partial charge < -0.3 is 4.74 Å². The van der Waals surface area contributed by atoms with Crippen LogP contribution in [0.3, 0.4) is 0 Å². The molecule has 3 aromatic carbocycles. The molecule has 34 heavy (non-hydrogen) atoms. The van der Waals surface area contributed by atoms with Crippen molar-refractivity contribution in [3.8, 4) is 16.9 Å². The summed E-state index contributed by atoms with van der Waals surface area (Å²) in [6, 6.07) is 13.1. The van der Waals surface area contributed by atoms with Crippen molar-refractivity contribution in [1.82, 2.24) is 0 Å². The van der Waals surface area contributed by atoms with Gasteiger partial charge in [0, 0.05) is 16.7 Å². The highest BCUT2D eigenvalue weighted by Crippen LogP contribution is 2.44. The van der Waals surface area contributed by atoms with Crippen LogP contribution in [0.5, 0.6) is 5.75 Å². The highest BCUT2D eigenvalue weighted by atomic mass is 35.5. The van der Waals surface area contributed by atoms with Crippen molar-refractivity contribution in [3.05, 3.63) is 87.4 Å². The summed E-state index contributed by atoms with van der Waals surface area (Å²) in [6.45, 7) is 2.49. The van der Waals surface area contributed by atoms with Gasteiger partial charge in [0.15, 0.2) is 17.9 Å². The smallest absolute Gasteiger partial charge is 0.387 e. The minimum absolute atomic E-state index is 0.0308. The maximum absolute atomic E-state index is 15.5. The molecule has 3 rings (SSSR count). The standard InChI is InChI=1S/C27H25ClF4O2/c1-4-12-27(3,18-8-6-5-7-9-18)14-19-16(2)13-20(29)24(28)23(19)22-17(15-33)10-11-21(25(22)30)34-26(31)32/h5-11,13,15,26H,4,12,14H2,1-3H3/t27-/m1/s1. The van der Waals surface area contributed by atoms with Crippen molar-refractivity contribution >= 4 is 17.9 Å². The molecule has 2 nitrogen and oxygen atoms in total. The first-order valence-electron chi connectivity index (χ1n) is 10.9. The molecule has 0 aliphatic carbocycles. The molecule has 0 aromatic heterocycles. The number of halogens is 5. The summed E-state index contributed by atoms with van der Waals surface area (Å²) >= 11 is 6.37. The quantitative estimate of drug-likeness (QED) is 0.222. The number of aldehydes is 1. The summed E-state index contributed by atoms with van der Waals surface area (Å²) in [5, 5.41) is -0.385. The minimum Gasteiger partial charge on any atom is -0.432 e. The third-order valence-corrected chi connectivity index (χ3v) is 6.49. The molecular weight excluding hydrogens is 468 g/mol. The van der Waals surface area contributed by atoms with Crippen molar-refractivity contribution < 1.29 is 27.1 Å². The van der Waals surface area contributed by atoms with Gasteiger partial charge >= 0.3 is 6.61 Å². The van der Waals surface area contributed by atoms with Crippen LogP contribution in [-0.2, 0) is 11.8 Å². The summed E-state index contributed by atoms with van der Waals surface area (Å²) in [5.74, 6) is -2.75. The van der Waals surface area contributed by atoms with E-state index >= 15 is 4.39 Å². The second-order valence-electron chi connectivity index (χ2n) is 8.53. The van der Waals surface area contributed by atoms with E-state index in [9.17, 15) is 18.0 Å². The van der Waals surface area contributed by atoms with E-state index in [0.29, 0.717) is 23.8 Å². The lowest BCUT2D eigenvalue weighted by molar-refractivity contribution is -0.0521. The van der Waals surface area contributed by atoms with Crippen LogP contribution in [0, 0.1) is 18.6 Å². The molecule has 0 heterocycles. The molecule has 0 radical (unpaired) electrons. The Balaban J connectivity index is 2.32. The molecule has 0 saturated heterocycles. The lowest BCUT2D eigenvalue weighted by atomic mass is 9.72. The first-order chi connectivity index (χ1) is 16.1. The molecule has 0 aliphatic heterocycles. The lowest BCUT2D eigenvalue weighted by Crippen LogP contribution is -2.26. The van der Waals surface area contributed by atoms with Crippen LogP contribution in [0.1, 0.15) is 53.7 Å². The molecule has 0 spiro atoms. The highest BCUT2D eigenvalue weighted by molar-refractivity contribution is 6.34. The van der Waals surface area contributed by atoms with Crippen molar-refractivity contribution in [2.45, 2.75) is 52.1 Å². The summed E-state index contributed by atoms with van der Waals surface area (Å²) < 4.78 is 60.3. The van der Waals surface area contributed by atoms with Crippen LogP contribution in [0.2, 0.25) is 5.02 Å². The van der Waals surface area contributed by atoms with Gasteiger partial charge in [-0.15, -0.1) is 0 Å². The Labute approximate surface area is 201 Å². The van der Waals surface area contributed by atoms with E-state index in [1.807, 2.05) is 37.3 Å². The Morgan fingerprint density at radius 1 is 1.09 bits per heavy atom. The van der Waals surface area contributed by atoms with Gasteiger partial charge in [-0.25, -0.2) is 8.78 Å². The summed E-state index contributed by atoms with van der Waals surface area (Å²) in [5.41, 5.74) is 1.11. The first kappa shape index (κ1) is 25.8. The molecule has 0 amide bonds. The Hall–Kier alpha value is -2.86. The highest BCUT2D eigenvalue weighted by Gasteiger charge is 2.31. The molecule has 0 bridgehead atoms. The predicted molar refractivity (Wildman–Crippen MR) is 126 cm³/mol. The van der Waals surface area contributed by atoms with E-state index in [0.717, 1.165) is 30.5 Å². The number of ether oxygens (including phenoxy) is 1. The Morgan fingerprint density at radius 3 is 2.35 bits per heavy atom. The Morgan fingerprint density at radius 2 is 1.76 bits per heavy atom. The normalized spacial score (nSPS) is 13.1. The third kappa shape index (κ3) is 5.12. The number of benzene rings is 3. The molecule has 0 aliphatic rings. The van der Waals surface area contributed by atoms with Gasteiger partial charge in [-0.2, -0.15) is 8.78 Å². The largest absolute Gasteiger partial charge is 0.432 e. The molecule has 0 saturated carbocycles. The monoisotopic (exact) mass is 492 g/mol. The fourth-order valence-corrected chi connectivity index (χ4v) is 4.77. The predicted octanol–water partition coefficient (Wildman–Crippen LogP) is 8.31. The van der Waals surface area contributed by atoms with E-state index in [1.165, 1.54) is 6.07 Å². The van der Waals surface area contributed by atoms with Gasteiger partial charge in [0.2, 0.25) is 0 Å². The van der Waals surface area contributed by atoms with Crippen LogP contribution in [0.15, 0.2) is 48.5 Å². The number of carbonyl (C=O) groups excluding carboxylic acids is 1. The molecule has 0 unspecified atom stereocenters. The Bertz CT molecular complexity index is 1180. The molecule has 180 valence electrons. The average Bonchev–Trinajstić information content (AvgIpc) is 2.80. The van der Waals surface area contributed by atoms with Crippen molar-refractivity contribution in [1.29, 1.82) is 0 Å². The Kier molecular flexibility index (Phi) is 8.03. The van der Waals surface area contributed by atoms with Gasteiger partial charge in [-0.3, -0.25) is 4.79 Å². The van der Waals surface area contributed by atoms with E-state index in [2.05, 4.69) is 11.7 Å². The van der Waals surface area contributed by atoms with Crippen molar-refractivity contribution in [2.75, 3.05) is 0 Å². The molecule has 7 heteroatoms. The zero-order valence-electron chi connectivity index (χ0n) is 19.1. The van der Waals surface area contributed by atoms with Crippen LogP contribution in [0.4, 0.5) is 17.6 Å². The summed E-state index contributed by atoms with van der Waals surface area (Å²) in [7, 11) is 0. The van der Waals surface area contributed by atoms with Crippen LogP contribution < -0.4 is 4.74 Å². The second kappa shape index (κ2) is 10.6. The van der Waals surface area contributed by atoms with E-state index in [1.54, 1.807) is 6.92 Å². The third-order valence-electron chi connectivity index (χ3n) is 6.12. The topological polar surface area (TPSA) is 26.3 Å². The SMILES string of the molecule is CCC[C@](C)(Cc1c(C)cc(F)c(Cl)c1-c1c(C=O)ccc(OC(F)F)c1F)c1ccccc1. The molecular formula is C27H25ClF4O2. The number of hydrogen-bond donors (Lipinski definition) is 0. The maximum Gasteiger partial charge on any atom is 0.387 e. The van der Waals surface area contributed by atoms with E-state index in [4.69, 9.17) is 11.6 Å². The van der Waals surface area contributed by atoms with Crippen LogP contribution >= 0.6 is 11.6 Å². The average molecular weight is 493 g/mol. The number of aryl methyl sites for hydroxylation is 1. The molecule has 3 aromatic rings.